The molecule has 1 atom stereocenters. The number of rotatable bonds is 3. The zero-order valence-corrected chi connectivity index (χ0v) is 14.9. The van der Waals surface area contributed by atoms with E-state index in [1.54, 1.807) is 12.1 Å². The number of benzene rings is 1. The van der Waals surface area contributed by atoms with Gasteiger partial charge in [-0.3, -0.25) is 9.78 Å². The lowest BCUT2D eigenvalue weighted by Crippen LogP contribution is -2.46. The highest BCUT2D eigenvalue weighted by molar-refractivity contribution is 6.32. The molecule has 0 spiro atoms. The van der Waals surface area contributed by atoms with Gasteiger partial charge in [-0.25, -0.2) is 0 Å². The Kier molecular flexibility index (Phi) is 5.01. The van der Waals surface area contributed by atoms with E-state index in [1.165, 1.54) is 18.3 Å². The molecule has 2 N–H and O–H groups in total. The van der Waals surface area contributed by atoms with Gasteiger partial charge >= 0.3 is 6.18 Å². The maximum absolute atomic E-state index is 13.0. The molecule has 2 aromatic rings. The van der Waals surface area contributed by atoms with Crippen LogP contribution in [-0.2, 0) is 23.1 Å². The number of aromatic nitrogens is 1. The van der Waals surface area contributed by atoms with E-state index in [2.05, 4.69) is 16.9 Å². The number of alkyl halides is 3. The zero-order chi connectivity index (χ0) is 19.8. The summed E-state index contributed by atoms with van der Waals surface area (Å²) in [5.41, 5.74) is -1.21. The van der Waals surface area contributed by atoms with Crippen molar-refractivity contribution in [3.8, 4) is 0 Å². The second kappa shape index (κ2) is 6.98. The number of halogens is 4. The molecule has 3 rings (SSSR count). The summed E-state index contributed by atoms with van der Waals surface area (Å²) in [5, 5.41) is 12.9. The van der Waals surface area contributed by atoms with Crippen LogP contribution in [0.15, 0.2) is 43.1 Å². The number of hydrogen-bond donors (Lipinski definition) is 2. The Morgan fingerprint density at radius 1 is 1.33 bits per heavy atom. The van der Waals surface area contributed by atoms with Crippen LogP contribution in [0.5, 0.6) is 0 Å². The molecule has 142 valence electrons. The molecule has 1 aliphatic rings. The Balaban J connectivity index is 1.83. The third-order valence-electron chi connectivity index (χ3n) is 4.58. The first kappa shape index (κ1) is 19.4. The number of pyridine rings is 1. The van der Waals surface area contributed by atoms with Gasteiger partial charge in [0, 0.05) is 18.3 Å². The summed E-state index contributed by atoms with van der Waals surface area (Å²) < 4.78 is 38.9. The standard InChI is InChI=1S/C19H16ClF3N2O2/c1-11-7-8-18(27,14-6-3-9-24-16(11)14)17(26)25-10-12-4-2-5-13(15(12)20)19(21,22)23/h2-6,9,27H,1,7-8,10H2,(H,25,26). The van der Waals surface area contributed by atoms with Crippen LogP contribution in [-0.4, -0.2) is 16.0 Å². The van der Waals surface area contributed by atoms with Crippen molar-refractivity contribution in [3.05, 3.63) is 70.5 Å². The van der Waals surface area contributed by atoms with Gasteiger partial charge in [-0.15, -0.1) is 0 Å². The minimum Gasteiger partial charge on any atom is -0.375 e. The van der Waals surface area contributed by atoms with Crippen LogP contribution >= 0.6 is 11.6 Å². The third-order valence-corrected chi connectivity index (χ3v) is 5.02. The summed E-state index contributed by atoms with van der Waals surface area (Å²) in [4.78, 5) is 16.8. The molecule has 0 fully saturated rings. The van der Waals surface area contributed by atoms with E-state index < -0.39 is 28.3 Å². The lowest BCUT2D eigenvalue weighted by atomic mass is 9.79. The monoisotopic (exact) mass is 396 g/mol. The fourth-order valence-corrected chi connectivity index (χ4v) is 3.40. The van der Waals surface area contributed by atoms with Gasteiger partial charge in [0.25, 0.3) is 5.91 Å². The Hall–Kier alpha value is -2.38. The first-order chi connectivity index (χ1) is 12.6. The summed E-state index contributed by atoms with van der Waals surface area (Å²) >= 11 is 5.84. The van der Waals surface area contributed by atoms with Crippen LogP contribution in [0.3, 0.4) is 0 Å². The van der Waals surface area contributed by atoms with Crippen LogP contribution in [0.1, 0.15) is 35.2 Å². The highest BCUT2D eigenvalue weighted by atomic mass is 35.5. The van der Waals surface area contributed by atoms with Crippen LogP contribution in [0, 0.1) is 0 Å². The van der Waals surface area contributed by atoms with Gasteiger partial charge in [-0.1, -0.05) is 36.4 Å². The third kappa shape index (κ3) is 3.57. The van der Waals surface area contributed by atoms with E-state index in [0.29, 0.717) is 23.3 Å². The number of aliphatic hydroxyl groups is 1. The highest BCUT2D eigenvalue weighted by Gasteiger charge is 2.43. The number of carbonyl (C=O) groups is 1. The van der Waals surface area contributed by atoms with Crippen LogP contribution in [0.2, 0.25) is 5.02 Å². The molecule has 0 aliphatic heterocycles. The van der Waals surface area contributed by atoms with Crippen molar-refractivity contribution in [1.82, 2.24) is 10.3 Å². The van der Waals surface area contributed by atoms with Crippen molar-refractivity contribution < 1.29 is 23.1 Å². The molecule has 1 unspecified atom stereocenters. The smallest absolute Gasteiger partial charge is 0.375 e. The molecule has 8 heteroatoms. The molecular formula is C19H16ClF3N2O2. The average Bonchev–Trinajstić information content (AvgIpc) is 2.63. The number of nitrogens with one attached hydrogen (secondary N) is 1. The molecule has 0 bridgehead atoms. The van der Waals surface area contributed by atoms with E-state index in [0.717, 1.165) is 6.07 Å². The fourth-order valence-electron chi connectivity index (χ4n) is 3.10. The van der Waals surface area contributed by atoms with Gasteiger partial charge in [-0.05, 0) is 36.1 Å². The van der Waals surface area contributed by atoms with Crippen molar-refractivity contribution in [2.75, 3.05) is 0 Å². The van der Waals surface area contributed by atoms with E-state index in [1.807, 2.05) is 0 Å². The summed E-state index contributed by atoms with van der Waals surface area (Å²) in [6.45, 7) is 3.64. The number of carbonyl (C=O) groups excluding carboxylic acids is 1. The van der Waals surface area contributed by atoms with Crippen molar-refractivity contribution in [2.45, 2.75) is 31.2 Å². The minimum absolute atomic E-state index is 0.104. The highest BCUT2D eigenvalue weighted by Crippen LogP contribution is 2.40. The Labute approximate surface area is 158 Å². The molecule has 1 aromatic carbocycles. The van der Waals surface area contributed by atoms with Crippen LogP contribution in [0.25, 0.3) is 5.57 Å². The molecule has 1 aromatic heterocycles. The first-order valence-electron chi connectivity index (χ1n) is 8.13. The van der Waals surface area contributed by atoms with Crippen LogP contribution in [0.4, 0.5) is 13.2 Å². The maximum Gasteiger partial charge on any atom is 0.417 e. The SMILES string of the molecule is C=C1CCC(O)(C(=O)NCc2cccc(C(F)(F)F)c2Cl)c2cccnc21. The zero-order valence-electron chi connectivity index (χ0n) is 14.1. The maximum atomic E-state index is 13.0. The number of allylic oxidation sites excluding steroid dienone is 1. The quantitative estimate of drug-likeness (QED) is 0.822. The van der Waals surface area contributed by atoms with Gasteiger partial charge in [0.2, 0.25) is 0 Å². The van der Waals surface area contributed by atoms with Gasteiger partial charge in [0.05, 0.1) is 16.3 Å². The number of hydrogen-bond acceptors (Lipinski definition) is 3. The van der Waals surface area contributed by atoms with Crippen molar-refractivity contribution >= 4 is 23.1 Å². The van der Waals surface area contributed by atoms with Crippen molar-refractivity contribution in [3.63, 3.8) is 0 Å². The summed E-state index contributed by atoms with van der Waals surface area (Å²) in [6.07, 6.45) is -2.58. The Morgan fingerprint density at radius 2 is 2.07 bits per heavy atom. The van der Waals surface area contributed by atoms with E-state index in [9.17, 15) is 23.1 Å². The lowest BCUT2D eigenvalue weighted by Gasteiger charge is -2.33. The molecule has 0 saturated heterocycles. The Bertz CT molecular complexity index is 914. The molecule has 1 heterocycles. The fraction of sp³-hybridized carbons (Fsp3) is 0.263. The summed E-state index contributed by atoms with van der Waals surface area (Å²) in [6, 6.07) is 6.66. The second-order valence-corrected chi connectivity index (χ2v) is 6.70. The molecule has 0 saturated carbocycles. The van der Waals surface area contributed by atoms with E-state index in [-0.39, 0.29) is 18.5 Å². The van der Waals surface area contributed by atoms with Crippen LogP contribution < -0.4 is 5.32 Å². The van der Waals surface area contributed by atoms with E-state index in [4.69, 9.17) is 11.6 Å². The van der Waals surface area contributed by atoms with Gasteiger partial charge in [0.15, 0.2) is 5.60 Å². The largest absolute Gasteiger partial charge is 0.417 e. The molecule has 0 radical (unpaired) electrons. The molecule has 4 nitrogen and oxygen atoms in total. The van der Waals surface area contributed by atoms with Gasteiger partial charge in [0.1, 0.15) is 0 Å². The average molecular weight is 397 g/mol. The molecular weight excluding hydrogens is 381 g/mol. The number of nitrogens with zero attached hydrogens (tertiary/aromatic N) is 1. The molecule has 1 aliphatic carbocycles. The predicted molar refractivity (Wildman–Crippen MR) is 94.7 cm³/mol. The number of fused-ring (bicyclic) bond motifs is 1. The molecule has 27 heavy (non-hydrogen) atoms. The van der Waals surface area contributed by atoms with Gasteiger partial charge < -0.3 is 10.4 Å². The van der Waals surface area contributed by atoms with Gasteiger partial charge in [-0.2, -0.15) is 13.2 Å². The molecule has 1 amide bonds. The summed E-state index contributed by atoms with van der Waals surface area (Å²) in [5.74, 6) is -0.724. The number of amides is 1. The topological polar surface area (TPSA) is 62.2 Å². The summed E-state index contributed by atoms with van der Waals surface area (Å²) in [7, 11) is 0. The Morgan fingerprint density at radius 3 is 2.78 bits per heavy atom. The lowest BCUT2D eigenvalue weighted by molar-refractivity contribution is -0.142. The first-order valence-corrected chi connectivity index (χ1v) is 8.51. The van der Waals surface area contributed by atoms with Crippen molar-refractivity contribution in [1.29, 1.82) is 0 Å². The predicted octanol–water partition coefficient (Wildman–Crippen LogP) is 4.06. The van der Waals surface area contributed by atoms with Crippen molar-refractivity contribution in [2.24, 2.45) is 0 Å². The second-order valence-electron chi connectivity index (χ2n) is 6.32. The minimum atomic E-state index is -4.59. The normalized spacial score (nSPS) is 19.5. The van der Waals surface area contributed by atoms with E-state index >= 15 is 0 Å².